The number of benzene rings is 1. The molecule has 4 rings (SSSR count). The Labute approximate surface area is 144 Å². The van der Waals surface area contributed by atoms with Crippen molar-refractivity contribution in [2.75, 3.05) is 0 Å². The summed E-state index contributed by atoms with van der Waals surface area (Å²) in [6.07, 6.45) is 7.26. The fraction of sp³-hybridized carbons (Fsp3) is 0.0500. The molecule has 0 spiro atoms. The van der Waals surface area contributed by atoms with Gasteiger partial charge >= 0.3 is 0 Å². The van der Waals surface area contributed by atoms with Crippen molar-refractivity contribution >= 4 is 0 Å². The molecule has 3 aromatic heterocycles. The van der Waals surface area contributed by atoms with Crippen LogP contribution in [0.1, 0.15) is 5.69 Å². The van der Waals surface area contributed by atoms with E-state index in [1.807, 2.05) is 41.2 Å². The SMILES string of the molecule is Fc1ccc(-c2nn(Cc3ccccn3)cc2-c2ccncc2)cc1. The Bertz CT molecular complexity index is 964. The minimum atomic E-state index is -0.262. The van der Waals surface area contributed by atoms with Crippen LogP contribution in [0.15, 0.2) is 79.4 Å². The number of hydrogen-bond donors (Lipinski definition) is 0. The van der Waals surface area contributed by atoms with Gasteiger partial charge in [0.15, 0.2) is 0 Å². The molecule has 4 nitrogen and oxygen atoms in total. The summed E-state index contributed by atoms with van der Waals surface area (Å²) < 4.78 is 15.1. The average Bonchev–Trinajstić information content (AvgIpc) is 3.08. The predicted molar refractivity (Wildman–Crippen MR) is 94.2 cm³/mol. The van der Waals surface area contributed by atoms with Gasteiger partial charge < -0.3 is 0 Å². The fourth-order valence-electron chi connectivity index (χ4n) is 2.72. The van der Waals surface area contributed by atoms with E-state index in [1.54, 1.807) is 30.7 Å². The van der Waals surface area contributed by atoms with Gasteiger partial charge in [-0.25, -0.2) is 4.39 Å². The third-order valence-electron chi connectivity index (χ3n) is 3.92. The van der Waals surface area contributed by atoms with Crippen LogP contribution >= 0.6 is 0 Å². The van der Waals surface area contributed by atoms with Crippen molar-refractivity contribution in [2.45, 2.75) is 6.54 Å². The maximum Gasteiger partial charge on any atom is 0.123 e. The van der Waals surface area contributed by atoms with Gasteiger partial charge in [0, 0.05) is 35.9 Å². The second-order valence-electron chi connectivity index (χ2n) is 5.65. The minimum absolute atomic E-state index is 0.262. The van der Waals surface area contributed by atoms with Crippen molar-refractivity contribution in [3.8, 4) is 22.4 Å². The summed E-state index contributed by atoms with van der Waals surface area (Å²) in [6, 6.07) is 16.1. The molecule has 0 fully saturated rings. The van der Waals surface area contributed by atoms with Crippen LogP contribution < -0.4 is 0 Å². The van der Waals surface area contributed by atoms with E-state index in [0.29, 0.717) is 6.54 Å². The lowest BCUT2D eigenvalue weighted by Crippen LogP contribution is -2.01. The van der Waals surface area contributed by atoms with Crippen molar-refractivity contribution < 1.29 is 4.39 Å². The zero-order valence-electron chi connectivity index (χ0n) is 13.4. The average molecular weight is 330 g/mol. The highest BCUT2D eigenvalue weighted by molar-refractivity contribution is 5.80. The van der Waals surface area contributed by atoms with Gasteiger partial charge in [0.1, 0.15) is 11.5 Å². The summed E-state index contributed by atoms with van der Waals surface area (Å²) in [5.74, 6) is -0.262. The molecule has 25 heavy (non-hydrogen) atoms. The first-order valence-electron chi connectivity index (χ1n) is 7.93. The van der Waals surface area contributed by atoms with Crippen LogP contribution in [-0.2, 0) is 6.54 Å². The van der Waals surface area contributed by atoms with E-state index in [9.17, 15) is 4.39 Å². The highest BCUT2D eigenvalue weighted by Crippen LogP contribution is 2.31. The Balaban J connectivity index is 1.79. The summed E-state index contributed by atoms with van der Waals surface area (Å²) in [7, 11) is 0. The number of aromatic nitrogens is 4. The number of pyridine rings is 2. The fourth-order valence-corrected chi connectivity index (χ4v) is 2.72. The third-order valence-corrected chi connectivity index (χ3v) is 3.92. The molecule has 0 unspecified atom stereocenters. The van der Waals surface area contributed by atoms with E-state index in [0.717, 1.165) is 28.1 Å². The topological polar surface area (TPSA) is 43.6 Å². The van der Waals surface area contributed by atoms with Crippen molar-refractivity contribution in [3.63, 3.8) is 0 Å². The second-order valence-corrected chi connectivity index (χ2v) is 5.65. The van der Waals surface area contributed by atoms with Crippen LogP contribution in [0, 0.1) is 5.82 Å². The number of hydrogen-bond acceptors (Lipinski definition) is 3. The van der Waals surface area contributed by atoms with Gasteiger partial charge in [-0.05, 0) is 54.1 Å². The molecule has 5 heteroatoms. The molecule has 0 amide bonds. The van der Waals surface area contributed by atoms with Crippen LogP contribution in [0.3, 0.4) is 0 Å². The van der Waals surface area contributed by atoms with E-state index in [1.165, 1.54) is 12.1 Å². The van der Waals surface area contributed by atoms with Gasteiger partial charge in [0.2, 0.25) is 0 Å². The smallest absolute Gasteiger partial charge is 0.123 e. The first-order valence-corrected chi connectivity index (χ1v) is 7.93. The van der Waals surface area contributed by atoms with Crippen LogP contribution in [0.5, 0.6) is 0 Å². The lowest BCUT2D eigenvalue weighted by molar-refractivity contribution is 0.628. The zero-order valence-corrected chi connectivity index (χ0v) is 13.4. The lowest BCUT2D eigenvalue weighted by atomic mass is 10.0. The summed E-state index contributed by atoms with van der Waals surface area (Å²) in [5, 5.41) is 4.72. The molecule has 0 aliphatic heterocycles. The molecule has 4 aromatic rings. The van der Waals surface area contributed by atoms with Gasteiger partial charge in [0.25, 0.3) is 0 Å². The van der Waals surface area contributed by atoms with Gasteiger partial charge in [0.05, 0.1) is 12.2 Å². The maximum atomic E-state index is 13.3. The van der Waals surface area contributed by atoms with Crippen molar-refractivity contribution in [1.82, 2.24) is 19.7 Å². The van der Waals surface area contributed by atoms with E-state index < -0.39 is 0 Å². The molecule has 0 radical (unpaired) electrons. The van der Waals surface area contributed by atoms with Gasteiger partial charge in [-0.3, -0.25) is 14.6 Å². The zero-order chi connectivity index (χ0) is 17.1. The highest BCUT2D eigenvalue weighted by Gasteiger charge is 2.13. The molecule has 1 aromatic carbocycles. The molecular formula is C20H15FN4. The van der Waals surface area contributed by atoms with Gasteiger partial charge in [-0.2, -0.15) is 5.10 Å². The number of nitrogens with zero attached hydrogens (tertiary/aromatic N) is 4. The summed E-state index contributed by atoms with van der Waals surface area (Å²) in [5.41, 5.74) is 4.60. The first-order chi connectivity index (χ1) is 12.3. The molecular weight excluding hydrogens is 315 g/mol. The summed E-state index contributed by atoms with van der Waals surface area (Å²) in [6.45, 7) is 0.570. The normalized spacial score (nSPS) is 10.8. The van der Waals surface area contributed by atoms with E-state index >= 15 is 0 Å². The highest BCUT2D eigenvalue weighted by atomic mass is 19.1. The Morgan fingerprint density at radius 3 is 2.36 bits per heavy atom. The van der Waals surface area contributed by atoms with Gasteiger partial charge in [-0.1, -0.05) is 6.07 Å². The van der Waals surface area contributed by atoms with Crippen molar-refractivity contribution in [3.05, 3.63) is 90.9 Å². The first kappa shape index (κ1) is 15.2. The Hall–Kier alpha value is -3.34. The lowest BCUT2D eigenvalue weighted by Gasteiger charge is -2.02. The van der Waals surface area contributed by atoms with Crippen molar-refractivity contribution in [2.24, 2.45) is 0 Å². The molecule has 0 saturated heterocycles. The monoisotopic (exact) mass is 330 g/mol. The van der Waals surface area contributed by atoms with Crippen LogP contribution in [0.25, 0.3) is 22.4 Å². The quantitative estimate of drug-likeness (QED) is 0.563. The number of halogens is 1. The Morgan fingerprint density at radius 2 is 1.64 bits per heavy atom. The van der Waals surface area contributed by atoms with Gasteiger partial charge in [-0.15, -0.1) is 0 Å². The largest absolute Gasteiger partial charge is 0.265 e. The summed E-state index contributed by atoms with van der Waals surface area (Å²) in [4.78, 5) is 8.42. The van der Waals surface area contributed by atoms with E-state index in [4.69, 9.17) is 5.10 Å². The Kier molecular flexibility index (Phi) is 4.04. The second kappa shape index (κ2) is 6.65. The maximum absolute atomic E-state index is 13.3. The predicted octanol–water partition coefficient (Wildman–Crippen LogP) is 4.19. The molecule has 0 bridgehead atoms. The van der Waals surface area contributed by atoms with Crippen LogP contribution in [0.2, 0.25) is 0 Å². The molecule has 122 valence electrons. The van der Waals surface area contributed by atoms with Crippen LogP contribution in [-0.4, -0.2) is 19.7 Å². The molecule has 0 aliphatic carbocycles. The molecule has 0 atom stereocenters. The molecule has 0 N–H and O–H groups in total. The molecule has 3 heterocycles. The number of rotatable bonds is 4. The van der Waals surface area contributed by atoms with E-state index in [2.05, 4.69) is 9.97 Å². The Morgan fingerprint density at radius 1 is 0.840 bits per heavy atom. The summed E-state index contributed by atoms with van der Waals surface area (Å²) >= 11 is 0. The third kappa shape index (κ3) is 3.30. The van der Waals surface area contributed by atoms with Crippen LogP contribution in [0.4, 0.5) is 4.39 Å². The van der Waals surface area contributed by atoms with Crippen molar-refractivity contribution in [1.29, 1.82) is 0 Å². The standard InChI is InChI=1S/C20H15FN4/c21-17-6-4-16(5-7-17)20-19(15-8-11-22-12-9-15)14-25(24-20)13-18-3-1-2-10-23-18/h1-12,14H,13H2. The van der Waals surface area contributed by atoms with E-state index in [-0.39, 0.29) is 5.82 Å². The molecule has 0 aliphatic rings. The molecule has 0 saturated carbocycles. The minimum Gasteiger partial charge on any atom is -0.265 e.